The van der Waals surface area contributed by atoms with E-state index in [0.29, 0.717) is 13.0 Å². The number of hydrogen-bond acceptors (Lipinski definition) is 5. The molecule has 1 saturated heterocycles. The number of thiazole rings is 1. The van der Waals surface area contributed by atoms with Gasteiger partial charge in [-0.3, -0.25) is 0 Å². The van der Waals surface area contributed by atoms with Crippen LogP contribution in [0.25, 0.3) is 0 Å². The summed E-state index contributed by atoms with van der Waals surface area (Å²) in [6.07, 6.45) is 4.30. The highest BCUT2D eigenvalue weighted by atomic mass is 32.2. The fourth-order valence-corrected chi connectivity index (χ4v) is 3.21. The maximum absolute atomic E-state index is 10.4. The zero-order chi connectivity index (χ0) is 10.2. The Morgan fingerprint density at radius 2 is 2.57 bits per heavy atom. The van der Waals surface area contributed by atoms with E-state index in [4.69, 9.17) is 4.74 Å². The lowest BCUT2D eigenvalue weighted by Gasteiger charge is -2.23. The number of hydrogen-bond donors (Lipinski definition) is 1. The van der Waals surface area contributed by atoms with Crippen molar-refractivity contribution in [3.63, 3.8) is 0 Å². The van der Waals surface area contributed by atoms with Gasteiger partial charge in [0, 0.05) is 12.6 Å². The van der Waals surface area contributed by atoms with E-state index in [-0.39, 0.29) is 6.10 Å². The Morgan fingerprint density at radius 1 is 1.79 bits per heavy atom. The Hall–Kier alpha value is -0.100. The van der Waals surface area contributed by atoms with E-state index >= 15 is 0 Å². The van der Waals surface area contributed by atoms with E-state index in [2.05, 4.69) is 4.98 Å². The van der Waals surface area contributed by atoms with Gasteiger partial charge in [0.15, 0.2) is 0 Å². The summed E-state index contributed by atoms with van der Waals surface area (Å²) in [6, 6.07) is 0. The van der Waals surface area contributed by atoms with Gasteiger partial charge in [-0.05, 0) is 13.2 Å². The number of ether oxygens (including phenoxy) is 1. The van der Waals surface area contributed by atoms with Crippen LogP contribution in [0.2, 0.25) is 0 Å². The summed E-state index contributed by atoms with van der Waals surface area (Å²) in [5.41, 5.74) is -0.814. The Balaban J connectivity index is 2.28. The summed E-state index contributed by atoms with van der Waals surface area (Å²) in [4.78, 5) is 5.15. The third-order valence-corrected chi connectivity index (χ3v) is 4.77. The van der Waals surface area contributed by atoms with E-state index in [0.717, 1.165) is 9.22 Å². The van der Waals surface area contributed by atoms with Crippen LogP contribution >= 0.6 is 23.1 Å². The standard InChI is InChI=1S/C9H13NO2S2/c1-6-9(11,3-4-12-6)7-5-10-8(13-2)14-7/h5-6,11H,3-4H2,1-2H3. The Labute approximate surface area is 91.5 Å². The van der Waals surface area contributed by atoms with Gasteiger partial charge in [0.1, 0.15) is 9.94 Å². The summed E-state index contributed by atoms with van der Waals surface area (Å²) in [7, 11) is 0. The fourth-order valence-electron chi connectivity index (χ4n) is 1.61. The summed E-state index contributed by atoms with van der Waals surface area (Å²) in [5, 5.41) is 10.4. The minimum absolute atomic E-state index is 0.127. The lowest BCUT2D eigenvalue weighted by atomic mass is 9.95. The van der Waals surface area contributed by atoms with Crippen molar-refractivity contribution in [1.82, 2.24) is 4.98 Å². The molecular formula is C9H13NO2S2. The lowest BCUT2D eigenvalue weighted by molar-refractivity contribution is -0.0292. The van der Waals surface area contributed by atoms with Crippen molar-refractivity contribution < 1.29 is 9.84 Å². The monoisotopic (exact) mass is 231 g/mol. The van der Waals surface area contributed by atoms with Crippen molar-refractivity contribution in [1.29, 1.82) is 0 Å². The van der Waals surface area contributed by atoms with E-state index < -0.39 is 5.60 Å². The first-order chi connectivity index (χ1) is 6.66. The first-order valence-electron chi connectivity index (χ1n) is 4.51. The van der Waals surface area contributed by atoms with E-state index in [1.54, 1.807) is 29.3 Å². The van der Waals surface area contributed by atoms with Gasteiger partial charge in [0.25, 0.3) is 0 Å². The average molecular weight is 231 g/mol. The van der Waals surface area contributed by atoms with Crippen LogP contribution < -0.4 is 0 Å². The molecule has 78 valence electrons. The second-order valence-electron chi connectivity index (χ2n) is 3.38. The minimum Gasteiger partial charge on any atom is -0.381 e. The van der Waals surface area contributed by atoms with Gasteiger partial charge in [-0.2, -0.15) is 0 Å². The van der Waals surface area contributed by atoms with Crippen LogP contribution in [0.4, 0.5) is 0 Å². The van der Waals surface area contributed by atoms with E-state index in [9.17, 15) is 5.11 Å². The van der Waals surface area contributed by atoms with Crippen molar-refractivity contribution in [3.8, 4) is 0 Å². The molecule has 0 saturated carbocycles. The maximum Gasteiger partial charge on any atom is 0.149 e. The minimum atomic E-state index is -0.814. The van der Waals surface area contributed by atoms with Crippen LogP contribution in [0, 0.1) is 0 Å². The Morgan fingerprint density at radius 3 is 3.07 bits per heavy atom. The van der Waals surface area contributed by atoms with Crippen molar-refractivity contribution in [3.05, 3.63) is 11.1 Å². The smallest absolute Gasteiger partial charge is 0.149 e. The van der Waals surface area contributed by atoms with Gasteiger partial charge in [-0.25, -0.2) is 4.98 Å². The van der Waals surface area contributed by atoms with Crippen LogP contribution in [0.1, 0.15) is 18.2 Å². The van der Waals surface area contributed by atoms with Crippen molar-refractivity contribution in [2.45, 2.75) is 29.4 Å². The molecule has 2 heterocycles. The zero-order valence-corrected chi connectivity index (χ0v) is 9.82. The van der Waals surface area contributed by atoms with Crippen molar-refractivity contribution in [2.24, 2.45) is 0 Å². The summed E-state index contributed by atoms with van der Waals surface area (Å²) in [5.74, 6) is 0. The Kier molecular flexibility index (Phi) is 2.83. The molecule has 0 aliphatic carbocycles. The van der Waals surface area contributed by atoms with Gasteiger partial charge in [0.05, 0.1) is 17.6 Å². The molecule has 0 radical (unpaired) electrons. The SMILES string of the molecule is CSc1ncc(C2(O)CCOC2C)s1. The predicted octanol–water partition coefficient (Wildman–Crippen LogP) is 1.86. The molecular weight excluding hydrogens is 218 g/mol. The van der Waals surface area contributed by atoms with E-state index in [1.165, 1.54) is 0 Å². The van der Waals surface area contributed by atoms with Gasteiger partial charge in [-0.1, -0.05) is 11.8 Å². The highest BCUT2D eigenvalue weighted by Crippen LogP contribution is 2.39. The molecule has 2 atom stereocenters. The molecule has 1 N–H and O–H groups in total. The second kappa shape index (κ2) is 3.81. The van der Waals surface area contributed by atoms with Gasteiger partial charge in [-0.15, -0.1) is 11.3 Å². The summed E-state index contributed by atoms with van der Waals surface area (Å²) >= 11 is 3.16. The molecule has 3 nitrogen and oxygen atoms in total. The number of thioether (sulfide) groups is 1. The molecule has 0 amide bonds. The quantitative estimate of drug-likeness (QED) is 0.789. The molecule has 1 aliphatic heterocycles. The maximum atomic E-state index is 10.4. The lowest BCUT2D eigenvalue weighted by Crippen LogP contribution is -2.32. The van der Waals surface area contributed by atoms with Crippen LogP contribution in [-0.4, -0.2) is 29.1 Å². The van der Waals surface area contributed by atoms with Gasteiger partial charge in [0.2, 0.25) is 0 Å². The normalized spacial score (nSPS) is 32.4. The first-order valence-corrected chi connectivity index (χ1v) is 6.55. The van der Waals surface area contributed by atoms with Crippen LogP contribution in [0.3, 0.4) is 0 Å². The fraction of sp³-hybridized carbons (Fsp3) is 0.667. The Bertz CT molecular complexity index is 328. The number of aliphatic hydroxyl groups is 1. The second-order valence-corrected chi connectivity index (χ2v) is 5.47. The molecule has 1 fully saturated rings. The summed E-state index contributed by atoms with van der Waals surface area (Å²) < 4.78 is 6.38. The van der Waals surface area contributed by atoms with Gasteiger partial charge < -0.3 is 9.84 Å². The van der Waals surface area contributed by atoms with Crippen molar-refractivity contribution in [2.75, 3.05) is 12.9 Å². The molecule has 0 spiro atoms. The highest BCUT2D eigenvalue weighted by Gasteiger charge is 2.42. The van der Waals surface area contributed by atoms with Crippen LogP contribution in [0.15, 0.2) is 10.5 Å². The van der Waals surface area contributed by atoms with Crippen LogP contribution in [-0.2, 0) is 10.3 Å². The third-order valence-electron chi connectivity index (χ3n) is 2.61. The summed E-state index contributed by atoms with van der Waals surface area (Å²) in [6.45, 7) is 2.54. The average Bonchev–Trinajstić information content (AvgIpc) is 2.75. The zero-order valence-electron chi connectivity index (χ0n) is 8.19. The van der Waals surface area contributed by atoms with Crippen LogP contribution in [0.5, 0.6) is 0 Å². The number of aromatic nitrogens is 1. The molecule has 2 rings (SSSR count). The molecule has 0 aromatic carbocycles. The molecule has 2 unspecified atom stereocenters. The molecule has 1 aliphatic rings. The molecule has 1 aromatic rings. The topological polar surface area (TPSA) is 42.4 Å². The molecule has 14 heavy (non-hydrogen) atoms. The first kappa shape index (κ1) is 10.4. The number of rotatable bonds is 2. The van der Waals surface area contributed by atoms with E-state index in [1.807, 2.05) is 13.2 Å². The highest BCUT2D eigenvalue weighted by molar-refractivity contribution is 8.00. The number of nitrogens with zero attached hydrogens (tertiary/aromatic N) is 1. The molecule has 0 bridgehead atoms. The molecule has 1 aromatic heterocycles. The largest absolute Gasteiger partial charge is 0.381 e. The molecule has 5 heteroatoms. The third kappa shape index (κ3) is 1.58. The predicted molar refractivity (Wildman–Crippen MR) is 57.8 cm³/mol. The van der Waals surface area contributed by atoms with Crippen molar-refractivity contribution >= 4 is 23.1 Å². The van der Waals surface area contributed by atoms with Gasteiger partial charge >= 0.3 is 0 Å².